The summed E-state index contributed by atoms with van der Waals surface area (Å²) < 4.78 is 0. The van der Waals surface area contributed by atoms with Crippen molar-refractivity contribution in [1.29, 1.82) is 0 Å². The van der Waals surface area contributed by atoms with Gasteiger partial charge in [0.2, 0.25) is 0 Å². The van der Waals surface area contributed by atoms with Crippen LogP contribution in [-0.4, -0.2) is 53.3 Å². The van der Waals surface area contributed by atoms with Crippen molar-refractivity contribution < 1.29 is 14.4 Å². The number of fused-ring (bicyclic) bond motifs is 1. The van der Waals surface area contributed by atoms with Crippen molar-refractivity contribution >= 4 is 23.3 Å². The molecule has 2 N–H and O–H groups in total. The Kier molecular flexibility index (Phi) is 4.10. The molecule has 2 aliphatic rings. The number of anilines is 1. The topological polar surface area (TPSA) is 95.9 Å². The number of carbonyl (C=O) groups is 2. The normalized spacial score (nSPS) is 21.7. The molecule has 0 aromatic carbocycles. The molecular weight excluding hydrogens is 298 g/mol. The molecule has 0 saturated carbocycles. The van der Waals surface area contributed by atoms with Crippen LogP contribution in [0.15, 0.2) is 29.7 Å². The first-order chi connectivity index (χ1) is 11.2. The molecule has 8 nitrogen and oxygen atoms in total. The number of hydrogen-bond acceptors (Lipinski definition) is 5. The first-order valence-corrected chi connectivity index (χ1v) is 7.10. The summed E-state index contributed by atoms with van der Waals surface area (Å²) in [6.07, 6.45) is 8.00. The first kappa shape index (κ1) is 14.8. The molecule has 2 atom stereocenters. The smallest absolute Gasteiger partial charge is 0.322 e. The van der Waals surface area contributed by atoms with Crippen LogP contribution in [0, 0.1) is 18.3 Å². The van der Waals surface area contributed by atoms with Gasteiger partial charge >= 0.3 is 6.03 Å². The molecule has 3 heterocycles. The monoisotopic (exact) mass is 313 g/mol. The minimum atomic E-state index is -0.357. The number of nitrogens with zero attached hydrogens (tertiary/aromatic N) is 3. The Morgan fingerprint density at radius 2 is 2.35 bits per heavy atom. The Bertz CT molecular complexity index is 682. The van der Waals surface area contributed by atoms with Gasteiger partial charge in [-0.15, -0.1) is 6.42 Å². The standard InChI is InChI=1S/C15H15N5O3/c1-2-5-17-14(21)13-11-8-20(9-12(11)23-19-13)15(22)18-10-4-3-6-16-7-10/h1,3-4,6-7,11-12H,5,8-9H2,(H,17,21)(H,18,22). The number of nitrogens with one attached hydrogen (secondary N) is 2. The summed E-state index contributed by atoms with van der Waals surface area (Å²) >= 11 is 0. The summed E-state index contributed by atoms with van der Waals surface area (Å²) in [5.74, 6) is 1.73. The number of oxime groups is 1. The van der Waals surface area contributed by atoms with E-state index in [0.717, 1.165) is 0 Å². The molecular formula is C15H15N5O3. The molecule has 0 spiro atoms. The maximum absolute atomic E-state index is 12.3. The number of urea groups is 1. The van der Waals surface area contributed by atoms with Crippen molar-refractivity contribution in [3.63, 3.8) is 0 Å². The van der Waals surface area contributed by atoms with E-state index in [1.807, 2.05) is 0 Å². The molecule has 1 aromatic heterocycles. The zero-order chi connectivity index (χ0) is 16.2. The molecule has 1 aromatic rings. The van der Waals surface area contributed by atoms with Gasteiger partial charge in [-0.25, -0.2) is 4.79 Å². The maximum Gasteiger partial charge on any atom is 0.322 e. The third-order valence-electron chi connectivity index (χ3n) is 3.69. The van der Waals surface area contributed by atoms with Gasteiger partial charge in [-0.2, -0.15) is 0 Å². The molecule has 23 heavy (non-hydrogen) atoms. The predicted molar refractivity (Wildman–Crippen MR) is 82.5 cm³/mol. The molecule has 0 bridgehead atoms. The van der Waals surface area contributed by atoms with E-state index in [0.29, 0.717) is 18.8 Å². The lowest BCUT2D eigenvalue weighted by molar-refractivity contribution is -0.114. The third kappa shape index (κ3) is 3.08. The van der Waals surface area contributed by atoms with Gasteiger partial charge < -0.3 is 20.4 Å². The van der Waals surface area contributed by atoms with Crippen LogP contribution in [0.3, 0.4) is 0 Å². The van der Waals surface area contributed by atoms with Gasteiger partial charge in [-0.05, 0) is 12.1 Å². The van der Waals surface area contributed by atoms with Crippen molar-refractivity contribution in [1.82, 2.24) is 15.2 Å². The minimum Gasteiger partial charge on any atom is -0.389 e. The van der Waals surface area contributed by atoms with E-state index in [-0.39, 0.29) is 36.2 Å². The van der Waals surface area contributed by atoms with Crippen LogP contribution in [-0.2, 0) is 9.63 Å². The molecule has 1 fully saturated rings. The molecule has 118 valence electrons. The zero-order valence-corrected chi connectivity index (χ0v) is 12.2. The Morgan fingerprint density at radius 1 is 1.48 bits per heavy atom. The molecule has 2 aliphatic heterocycles. The summed E-state index contributed by atoms with van der Waals surface area (Å²) in [5.41, 5.74) is 0.887. The molecule has 0 aliphatic carbocycles. The molecule has 2 unspecified atom stereocenters. The van der Waals surface area contributed by atoms with Crippen LogP contribution in [0.2, 0.25) is 0 Å². The molecule has 0 radical (unpaired) electrons. The zero-order valence-electron chi connectivity index (χ0n) is 12.2. The lowest BCUT2D eigenvalue weighted by Crippen LogP contribution is -2.38. The highest BCUT2D eigenvalue weighted by atomic mass is 16.6. The number of hydrogen-bond donors (Lipinski definition) is 2. The lowest BCUT2D eigenvalue weighted by atomic mass is 10.0. The predicted octanol–water partition coefficient (Wildman–Crippen LogP) is 0.0495. The fraction of sp³-hybridized carbons (Fsp3) is 0.333. The highest BCUT2D eigenvalue weighted by Crippen LogP contribution is 2.27. The van der Waals surface area contributed by atoms with Crippen molar-refractivity contribution in [2.24, 2.45) is 11.1 Å². The van der Waals surface area contributed by atoms with Crippen LogP contribution >= 0.6 is 0 Å². The summed E-state index contributed by atoms with van der Waals surface area (Å²) in [6, 6.07) is 3.22. The summed E-state index contributed by atoms with van der Waals surface area (Å²) in [6.45, 7) is 0.853. The van der Waals surface area contributed by atoms with Gasteiger partial charge in [-0.3, -0.25) is 9.78 Å². The van der Waals surface area contributed by atoms with Gasteiger partial charge in [0.15, 0.2) is 11.8 Å². The highest BCUT2D eigenvalue weighted by Gasteiger charge is 2.46. The van der Waals surface area contributed by atoms with E-state index in [1.54, 1.807) is 29.4 Å². The second-order valence-corrected chi connectivity index (χ2v) is 5.19. The maximum atomic E-state index is 12.3. The number of likely N-dealkylation sites (tertiary alicyclic amines) is 1. The molecule has 3 rings (SSSR count). The van der Waals surface area contributed by atoms with E-state index >= 15 is 0 Å². The molecule has 8 heteroatoms. The Hall–Kier alpha value is -3.08. The van der Waals surface area contributed by atoms with Gasteiger partial charge in [-0.1, -0.05) is 11.1 Å². The lowest BCUT2D eigenvalue weighted by Gasteiger charge is -2.17. The molecule has 3 amide bonds. The van der Waals surface area contributed by atoms with E-state index in [4.69, 9.17) is 11.3 Å². The van der Waals surface area contributed by atoms with Crippen molar-refractivity contribution in [3.05, 3.63) is 24.5 Å². The van der Waals surface area contributed by atoms with Crippen molar-refractivity contribution in [3.8, 4) is 12.3 Å². The second-order valence-electron chi connectivity index (χ2n) is 5.19. The Balaban J connectivity index is 1.60. The fourth-order valence-electron chi connectivity index (χ4n) is 2.57. The minimum absolute atomic E-state index is 0.125. The summed E-state index contributed by atoms with van der Waals surface area (Å²) in [4.78, 5) is 35.0. The van der Waals surface area contributed by atoms with Crippen LogP contribution in [0.1, 0.15) is 0 Å². The average Bonchev–Trinajstić information content (AvgIpc) is 3.14. The second kappa shape index (κ2) is 6.36. The number of terminal acetylenes is 1. The van der Waals surface area contributed by atoms with Crippen LogP contribution < -0.4 is 10.6 Å². The number of amides is 3. The average molecular weight is 313 g/mol. The van der Waals surface area contributed by atoms with E-state index < -0.39 is 0 Å². The van der Waals surface area contributed by atoms with Crippen molar-refractivity contribution in [2.45, 2.75) is 6.10 Å². The number of pyridine rings is 1. The number of aromatic nitrogens is 1. The van der Waals surface area contributed by atoms with Gasteiger partial charge in [0.05, 0.1) is 30.9 Å². The molecule has 1 saturated heterocycles. The fourth-order valence-corrected chi connectivity index (χ4v) is 2.57. The van der Waals surface area contributed by atoms with Gasteiger partial charge in [0.1, 0.15) is 0 Å². The Labute approximate surface area is 132 Å². The van der Waals surface area contributed by atoms with Gasteiger partial charge in [0.25, 0.3) is 5.91 Å². The van der Waals surface area contributed by atoms with E-state index in [2.05, 4.69) is 26.7 Å². The van der Waals surface area contributed by atoms with Crippen molar-refractivity contribution in [2.75, 3.05) is 25.0 Å². The van der Waals surface area contributed by atoms with Gasteiger partial charge in [0, 0.05) is 12.7 Å². The number of rotatable bonds is 3. The third-order valence-corrected chi connectivity index (χ3v) is 3.69. The van der Waals surface area contributed by atoms with Crippen LogP contribution in [0.25, 0.3) is 0 Å². The highest BCUT2D eigenvalue weighted by molar-refractivity contribution is 6.40. The van der Waals surface area contributed by atoms with Crippen LogP contribution in [0.4, 0.5) is 10.5 Å². The Morgan fingerprint density at radius 3 is 3.09 bits per heavy atom. The number of carbonyl (C=O) groups excluding carboxylic acids is 2. The largest absolute Gasteiger partial charge is 0.389 e. The summed E-state index contributed by atoms with van der Waals surface area (Å²) in [7, 11) is 0. The van der Waals surface area contributed by atoms with E-state index in [1.165, 1.54) is 0 Å². The first-order valence-electron chi connectivity index (χ1n) is 7.10. The quantitative estimate of drug-likeness (QED) is 0.771. The SMILES string of the molecule is C#CCNC(=O)C1=NOC2CN(C(=O)Nc3cccnc3)CC12. The van der Waals surface area contributed by atoms with Crippen LogP contribution in [0.5, 0.6) is 0 Å². The summed E-state index contributed by atoms with van der Waals surface area (Å²) in [5, 5.41) is 9.13. The van der Waals surface area contributed by atoms with E-state index in [9.17, 15) is 9.59 Å².